The number of carbonyl (C=O) groups excluding carboxylic acids is 2. The monoisotopic (exact) mass is 526 g/mol. The number of para-hydroxylation sites is 1. The van der Waals surface area contributed by atoms with Crippen LogP contribution in [0.4, 0.5) is 0 Å². The molecule has 5 rings (SSSR count). The van der Waals surface area contributed by atoms with Gasteiger partial charge in [-0.15, -0.1) is 12.4 Å². The molecule has 2 aliphatic rings. The van der Waals surface area contributed by atoms with Crippen LogP contribution in [0.25, 0.3) is 22.3 Å². The molecule has 1 unspecified atom stereocenters. The highest BCUT2D eigenvalue weighted by molar-refractivity contribution is 6.06. The molecule has 4 heterocycles. The van der Waals surface area contributed by atoms with Crippen LogP contribution in [0.3, 0.4) is 0 Å². The number of esters is 1. The van der Waals surface area contributed by atoms with Crippen molar-refractivity contribution in [2.75, 3.05) is 13.1 Å². The number of halogens is 1. The second-order valence-electron chi connectivity index (χ2n) is 9.35. The quantitative estimate of drug-likeness (QED) is 0.293. The second-order valence-corrected chi connectivity index (χ2v) is 9.35. The Bertz CT molecular complexity index is 1470. The van der Waals surface area contributed by atoms with Crippen molar-refractivity contribution in [3.8, 4) is 11.4 Å². The molecular formula is C27H31ClN4O5. The predicted molar refractivity (Wildman–Crippen MR) is 142 cm³/mol. The number of cyclic esters (lactones) is 1. The fraction of sp³-hybridized carbons (Fsp3) is 0.407. The summed E-state index contributed by atoms with van der Waals surface area (Å²) in [4.78, 5) is 46.0. The molecule has 196 valence electrons. The number of rotatable bonds is 6. The summed E-state index contributed by atoms with van der Waals surface area (Å²) in [6.45, 7) is 9.49. The molecule has 9 nitrogen and oxygen atoms in total. The van der Waals surface area contributed by atoms with Crippen LogP contribution in [0.1, 0.15) is 61.2 Å². The summed E-state index contributed by atoms with van der Waals surface area (Å²) in [5.74, 6) is -0.982. The Labute approximate surface area is 220 Å². The molecule has 0 bridgehead atoms. The minimum absolute atomic E-state index is 0. The van der Waals surface area contributed by atoms with Crippen LogP contribution in [0.2, 0.25) is 0 Å². The van der Waals surface area contributed by atoms with Crippen LogP contribution < -0.4 is 10.9 Å². The Kier molecular flexibility index (Phi) is 7.16. The molecular weight excluding hydrogens is 496 g/mol. The first kappa shape index (κ1) is 26.8. The normalized spacial score (nSPS) is 18.5. The number of amides is 1. The maximum absolute atomic E-state index is 13.4. The first-order valence-corrected chi connectivity index (χ1v) is 12.4. The van der Waals surface area contributed by atoms with Gasteiger partial charge in [-0.2, -0.15) is 0 Å². The fourth-order valence-electron chi connectivity index (χ4n) is 5.32. The van der Waals surface area contributed by atoms with E-state index in [1.165, 1.54) is 0 Å². The van der Waals surface area contributed by atoms with Crippen LogP contribution in [0.15, 0.2) is 35.1 Å². The van der Waals surface area contributed by atoms with Gasteiger partial charge in [0.1, 0.15) is 6.61 Å². The minimum Gasteiger partial charge on any atom is -0.458 e. The molecule has 37 heavy (non-hydrogen) atoms. The number of nitrogens with one attached hydrogen (secondary N) is 1. The van der Waals surface area contributed by atoms with Gasteiger partial charge in [-0.25, -0.2) is 9.78 Å². The van der Waals surface area contributed by atoms with Gasteiger partial charge >= 0.3 is 5.97 Å². The van der Waals surface area contributed by atoms with Crippen LogP contribution in [-0.4, -0.2) is 50.7 Å². The Morgan fingerprint density at radius 1 is 1.24 bits per heavy atom. The van der Waals surface area contributed by atoms with Crippen LogP contribution >= 0.6 is 12.4 Å². The van der Waals surface area contributed by atoms with E-state index in [0.717, 1.165) is 24.0 Å². The van der Waals surface area contributed by atoms with E-state index in [0.29, 0.717) is 29.0 Å². The lowest BCUT2D eigenvalue weighted by Crippen LogP contribution is -2.46. The molecule has 1 aromatic carbocycles. The highest BCUT2D eigenvalue weighted by atomic mass is 35.5. The standard InChI is InChI=1S/C27H30N4O5.ClH/c1-5-27(35)20-12-21-23-17(13-31(21)25(33)19(20)14-36-26(27)34)11-16-9-8-10-18(22(16)29-23)24(32)28-15(4)30(6-2)7-3;/h8-12,15,35H,5-7,13-14H2,1-4H3,(H,28,32);1H/t15?,27-;/m0./s1. The van der Waals surface area contributed by atoms with Crippen molar-refractivity contribution in [1.29, 1.82) is 0 Å². The summed E-state index contributed by atoms with van der Waals surface area (Å²) in [6.07, 6.45) is -0.0658. The average Bonchev–Trinajstić information content (AvgIpc) is 3.23. The highest BCUT2D eigenvalue weighted by Gasteiger charge is 2.45. The van der Waals surface area contributed by atoms with E-state index in [2.05, 4.69) is 10.2 Å². The second kappa shape index (κ2) is 9.89. The summed E-state index contributed by atoms with van der Waals surface area (Å²) in [7, 11) is 0. The highest BCUT2D eigenvalue weighted by Crippen LogP contribution is 2.38. The van der Waals surface area contributed by atoms with E-state index < -0.39 is 11.6 Å². The molecule has 2 N–H and O–H groups in total. The van der Waals surface area contributed by atoms with Crippen molar-refractivity contribution in [1.82, 2.24) is 19.8 Å². The minimum atomic E-state index is -1.88. The lowest BCUT2D eigenvalue weighted by molar-refractivity contribution is -0.172. The fourth-order valence-corrected chi connectivity index (χ4v) is 5.32. The van der Waals surface area contributed by atoms with Gasteiger partial charge in [0, 0.05) is 16.5 Å². The third-order valence-electron chi connectivity index (χ3n) is 7.48. The number of hydrogen-bond acceptors (Lipinski definition) is 7. The Hall–Kier alpha value is -3.27. The van der Waals surface area contributed by atoms with Crippen LogP contribution in [0, 0.1) is 0 Å². The Morgan fingerprint density at radius 2 is 1.97 bits per heavy atom. The third-order valence-corrected chi connectivity index (χ3v) is 7.48. The first-order chi connectivity index (χ1) is 17.2. The number of aromatic nitrogens is 2. The SMILES string of the molecule is CCN(CC)C(C)NC(=O)c1cccc2cc3c(nc12)-c1cc2c(c(=O)n1C3)COC(=O)[C@]2(O)CC.Cl. The molecule has 0 saturated carbocycles. The van der Waals surface area contributed by atoms with Crippen LogP contribution in [-0.2, 0) is 28.3 Å². The number of pyridine rings is 2. The van der Waals surface area contributed by atoms with Crippen LogP contribution in [0.5, 0.6) is 0 Å². The lowest BCUT2D eigenvalue weighted by atomic mass is 9.86. The van der Waals surface area contributed by atoms with E-state index in [-0.39, 0.29) is 54.2 Å². The van der Waals surface area contributed by atoms with E-state index in [4.69, 9.17) is 9.72 Å². The number of fused-ring (bicyclic) bond motifs is 5. The van der Waals surface area contributed by atoms with E-state index in [1.807, 2.05) is 39.0 Å². The lowest BCUT2D eigenvalue weighted by Gasteiger charge is -2.31. The molecule has 2 aliphatic heterocycles. The summed E-state index contributed by atoms with van der Waals surface area (Å²) >= 11 is 0. The molecule has 0 spiro atoms. The van der Waals surface area contributed by atoms with Gasteiger partial charge in [-0.3, -0.25) is 14.5 Å². The number of ether oxygens (including phenoxy) is 1. The molecule has 2 atom stereocenters. The van der Waals surface area contributed by atoms with E-state index in [1.54, 1.807) is 23.6 Å². The van der Waals surface area contributed by atoms with Gasteiger partial charge in [0.15, 0.2) is 5.60 Å². The molecule has 10 heteroatoms. The number of nitrogens with zero attached hydrogens (tertiary/aromatic N) is 3. The summed E-state index contributed by atoms with van der Waals surface area (Å²) < 4.78 is 6.72. The summed E-state index contributed by atoms with van der Waals surface area (Å²) in [5, 5.41) is 14.9. The van der Waals surface area contributed by atoms with Crippen molar-refractivity contribution in [3.05, 3.63) is 62.9 Å². The van der Waals surface area contributed by atoms with Gasteiger partial charge in [0.25, 0.3) is 11.5 Å². The maximum atomic E-state index is 13.4. The zero-order valence-corrected chi connectivity index (χ0v) is 22.1. The van der Waals surface area contributed by atoms with Crippen molar-refractivity contribution in [3.63, 3.8) is 0 Å². The number of hydrogen-bond donors (Lipinski definition) is 2. The van der Waals surface area contributed by atoms with Gasteiger partial charge in [-0.05, 0) is 44.6 Å². The first-order valence-electron chi connectivity index (χ1n) is 12.4. The smallest absolute Gasteiger partial charge is 0.343 e. The molecule has 2 aromatic heterocycles. The molecule has 3 aromatic rings. The zero-order valence-electron chi connectivity index (χ0n) is 21.3. The average molecular weight is 527 g/mol. The zero-order chi connectivity index (χ0) is 25.8. The van der Waals surface area contributed by atoms with Crippen molar-refractivity contribution < 1.29 is 19.4 Å². The maximum Gasteiger partial charge on any atom is 0.343 e. The predicted octanol–water partition coefficient (Wildman–Crippen LogP) is 2.92. The van der Waals surface area contributed by atoms with Gasteiger partial charge < -0.3 is 19.7 Å². The number of aliphatic hydroxyl groups is 1. The topological polar surface area (TPSA) is 114 Å². The Morgan fingerprint density at radius 3 is 2.65 bits per heavy atom. The number of benzene rings is 1. The van der Waals surface area contributed by atoms with Gasteiger partial charge in [0.2, 0.25) is 0 Å². The molecule has 0 saturated heterocycles. The molecule has 0 fully saturated rings. The summed E-state index contributed by atoms with van der Waals surface area (Å²) in [6, 6.07) is 9.08. The van der Waals surface area contributed by atoms with Crippen molar-refractivity contribution >= 4 is 35.2 Å². The molecule has 1 amide bonds. The Balaban J connectivity index is 0.00000320. The van der Waals surface area contributed by atoms with Crippen molar-refractivity contribution in [2.24, 2.45) is 0 Å². The van der Waals surface area contributed by atoms with Crippen molar-refractivity contribution in [2.45, 2.75) is 59.0 Å². The van der Waals surface area contributed by atoms with Gasteiger partial charge in [-0.1, -0.05) is 32.9 Å². The van der Waals surface area contributed by atoms with Gasteiger partial charge in [0.05, 0.1) is 40.7 Å². The van der Waals surface area contributed by atoms with E-state index >= 15 is 0 Å². The molecule has 0 radical (unpaired) electrons. The largest absolute Gasteiger partial charge is 0.458 e. The third kappa shape index (κ3) is 4.11. The summed E-state index contributed by atoms with van der Waals surface area (Å²) in [5.41, 5.74) is 1.26. The number of carbonyl (C=O) groups is 2. The van der Waals surface area contributed by atoms with E-state index in [9.17, 15) is 19.5 Å². The molecule has 0 aliphatic carbocycles.